The number of para-hydroxylation sites is 1. The molecule has 3 N–H and O–H groups in total. The number of anilines is 2. The monoisotopic (exact) mass is 532 g/mol. The molecule has 1 atom stereocenters. The number of carboxylic acid groups (broad SMARTS) is 1. The van der Waals surface area contributed by atoms with Gasteiger partial charge in [0.05, 0.1) is 5.57 Å². The molecular weight excluding hydrogens is 500 g/mol. The number of imidazole rings is 1. The zero-order valence-corrected chi connectivity index (χ0v) is 22.7. The van der Waals surface area contributed by atoms with Crippen LogP contribution in [0.25, 0.3) is 16.7 Å². The summed E-state index contributed by atoms with van der Waals surface area (Å²) in [4.78, 5) is 25.7. The predicted molar refractivity (Wildman–Crippen MR) is 157 cm³/mol. The van der Waals surface area contributed by atoms with Gasteiger partial charge in [-0.2, -0.15) is 0 Å². The molecule has 1 aromatic carbocycles. The second-order valence-electron chi connectivity index (χ2n) is 10.8. The van der Waals surface area contributed by atoms with E-state index in [0.29, 0.717) is 35.3 Å². The molecule has 0 spiro atoms. The van der Waals surface area contributed by atoms with Gasteiger partial charge in [0.2, 0.25) is 5.82 Å². The van der Waals surface area contributed by atoms with Crippen LogP contribution >= 0.6 is 0 Å². The number of nitrogens with one attached hydrogen (secondary N) is 2. The molecule has 2 aromatic heterocycles. The van der Waals surface area contributed by atoms with Gasteiger partial charge in [0, 0.05) is 30.0 Å². The van der Waals surface area contributed by atoms with E-state index in [1.165, 1.54) is 17.6 Å². The third-order valence-corrected chi connectivity index (χ3v) is 7.86. The number of rotatable bonds is 9. The number of carboxylic acids is 1. The second-order valence-corrected chi connectivity index (χ2v) is 10.8. The number of allylic oxidation sites excluding steroid dienone is 7. The normalized spacial score (nSPS) is 17.4. The van der Waals surface area contributed by atoms with Gasteiger partial charge in [-0.1, -0.05) is 59.4 Å². The van der Waals surface area contributed by atoms with E-state index in [9.17, 15) is 9.90 Å². The Kier molecular flexibility index (Phi) is 6.95. The van der Waals surface area contributed by atoms with E-state index in [1.54, 1.807) is 0 Å². The maximum absolute atomic E-state index is 12.0. The average Bonchev–Trinajstić information content (AvgIpc) is 3.28. The van der Waals surface area contributed by atoms with Gasteiger partial charge in [-0.3, -0.25) is 0 Å². The van der Waals surface area contributed by atoms with E-state index < -0.39 is 5.97 Å². The molecule has 1 saturated carbocycles. The largest absolute Gasteiger partial charge is 0.475 e. The number of hydrogen-bond acceptors (Lipinski definition) is 6. The molecule has 0 bridgehead atoms. The van der Waals surface area contributed by atoms with Crippen LogP contribution in [0.3, 0.4) is 0 Å². The van der Waals surface area contributed by atoms with Crippen molar-refractivity contribution >= 4 is 34.2 Å². The third-order valence-electron chi connectivity index (χ3n) is 7.86. The van der Waals surface area contributed by atoms with Gasteiger partial charge in [0.1, 0.15) is 5.52 Å². The number of nitrogens with zero attached hydrogens (tertiary/aromatic N) is 4. The molecule has 8 heteroatoms. The Morgan fingerprint density at radius 1 is 1.15 bits per heavy atom. The number of hydrogen-bond donors (Lipinski definition) is 3. The summed E-state index contributed by atoms with van der Waals surface area (Å²) in [5, 5.41) is 16.8. The van der Waals surface area contributed by atoms with Crippen LogP contribution in [0.5, 0.6) is 0 Å². The van der Waals surface area contributed by atoms with Crippen molar-refractivity contribution < 1.29 is 9.90 Å². The van der Waals surface area contributed by atoms with E-state index >= 15 is 0 Å². The Hall–Kier alpha value is -4.64. The van der Waals surface area contributed by atoms with Gasteiger partial charge in [0.25, 0.3) is 0 Å². The Bertz CT molecular complexity index is 1680. The highest BCUT2D eigenvalue weighted by Gasteiger charge is 2.28. The lowest BCUT2D eigenvalue weighted by atomic mass is 9.80. The Morgan fingerprint density at radius 2 is 1.98 bits per heavy atom. The number of aromatic carboxylic acids is 1. The zero-order chi connectivity index (χ0) is 27.6. The van der Waals surface area contributed by atoms with Crippen molar-refractivity contribution in [2.45, 2.75) is 58.5 Å². The van der Waals surface area contributed by atoms with Crippen LogP contribution in [0.4, 0.5) is 11.5 Å². The van der Waals surface area contributed by atoms with Gasteiger partial charge in [-0.05, 0) is 63.7 Å². The fourth-order valence-electron chi connectivity index (χ4n) is 5.29. The maximum Gasteiger partial charge on any atom is 0.374 e. The highest BCUT2D eigenvalue weighted by molar-refractivity contribution is 5.92. The summed E-state index contributed by atoms with van der Waals surface area (Å²) in [6, 6.07) is 10.1. The first kappa shape index (κ1) is 25.6. The third kappa shape index (κ3) is 5.28. The lowest BCUT2D eigenvalue weighted by molar-refractivity contribution is 0.0684. The van der Waals surface area contributed by atoms with Crippen molar-refractivity contribution in [2.75, 3.05) is 10.6 Å². The summed E-state index contributed by atoms with van der Waals surface area (Å²) >= 11 is 0. The smallest absolute Gasteiger partial charge is 0.374 e. The van der Waals surface area contributed by atoms with Gasteiger partial charge < -0.3 is 20.3 Å². The summed E-state index contributed by atoms with van der Waals surface area (Å²) in [5.41, 5.74) is 12.6. The standard InChI is InChI=1S/C32H32N6O2/c1-20-14-16-22(17-15-20)19-38-27-28(33-21(2)23-8-6-9-23)35-30(32(39)40)36-29(27)37-31(38)24-10-7-13-26(18-24)34-25-11-4-3-5-12-25/h3-5,11-14,16,18,21,23,34H,6,8-9,15,17,19H2,1-2H3,(H,39,40)(H,33,35,36)/t21-/m1/s1. The van der Waals surface area contributed by atoms with E-state index in [4.69, 9.17) is 4.98 Å². The number of aromatic nitrogens is 4. The zero-order valence-electron chi connectivity index (χ0n) is 22.7. The molecule has 0 radical (unpaired) electrons. The minimum Gasteiger partial charge on any atom is -0.475 e. The summed E-state index contributed by atoms with van der Waals surface area (Å²) in [7, 11) is 0. The summed E-state index contributed by atoms with van der Waals surface area (Å²) in [6.45, 7) is 4.87. The molecule has 0 unspecified atom stereocenters. The minimum absolute atomic E-state index is 0.151. The van der Waals surface area contributed by atoms with Crippen LogP contribution in [0.1, 0.15) is 62.4 Å². The molecule has 1 fully saturated rings. The molecule has 0 saturated heterocycles. The highest BCUT2D eigenvalue weighted by Crippen LogP contribution is 2.34. The van der Waals surface area contributed by atoms with Gasteiger partial charge in [-0.15, -0.1) is 0 Å². The van der Waals surface area contributed by atoms with Crippen molar-refractivity contribution in [2.24, 2.45) is 5.92 Å². The van der Waals surface area contributed by atoms with E-state index in [2.05, 4.69) is 62.6 Å². The lowest BCUT2D eigenvalue weighted by Gasteiger charge is -2.32. The summed E-state index contributed by atoms with van der Waals surface area (Å²) in [6.07, 6.45) is 13.7. The van der Waals surface area contributed by atoms with Crippen LogP contribution in [-0.4, -0.2) is 36.6 Å². The van der Waals surface area contributed by atoms with Crippen molar-refractivity contribution in [1.82, 2.24) is 19.5 Å². The van der Waals surface area contributed by atoms with Crippen molar-refractivity contribution in [1.29, 1.82) is 0 Å². The molecule has 202 valence electrons. The topological polar surface area (TPSA) is 105 Å². The first-order chi connectivity index (χ1) is 19.4. The maximum atomic E-state index is 12.0. The lowest BCUT2D eigenvalue weighted by Crippen LogP contribution is -2.31. The molecule has 3 aliphatic rings. The van der Waals surface area contributed by atoms with Crippen LogP contribution in [-0.2, 0) is 6.54 Å². The minimum atomic E-state index is -1.18. The number of carbonyl (C=O) groups is 1. The number of fused-ring (bicyclic) bond motifs is 1. The molecule has 40 heavy (non-hydrogen) atoms. The predicted octanol–water partition coefficient (Wildman–Crippen LogP) is 6.49. The van der Waals surface area contributed by atoms with Gasteiger partial charge in [-0.25, -0.2) is 19.7 Å². The SMILES string of the molecule is CC1=CC=C(Cn2c(C3=C=C=CC(Nc4ccccc4)=C3)nc3nc(C(=O)O)nc(N[C@H](C)C4CCC4)c32)CC1. The second kappa shape index (κ2) is 10.9. The van der Waals surface area contributed by atoms with Crippen LogP contribution in [0.2, 0.25) is 0 Å². The molecule has 3 aliphatic carbocycles. The van der Waals surface area contributed by atoms with Gasteiger partial charge in [0.15, 0.2) is 17.3 Å². The average molecular weight is 533 g/mol. The Morgan fingerprint density at radius 3 is 2.67 bits per heavy atom. The van der Waals surface area contributed by atoms with Crippen LogP contribution < -0.4 is 10.6 Å². The fourth-order valence-corrected chi connectivity index (χ4v) is 5.29. The van der Waals surface area contributed by atoms with Crippen LogP contribution in [0, 0.1) is 5.92 Å². The molecule has 6 rings (SSSR count). The Balaban J connectivity index is 1.48. The molecule has 0 aliphatic heterocycles. The summed E-state index contributed by atoms with van der Waals surface area (Å²) < 4.78 is 2.10. The first-order valence-corrected chi connectivity index (χ1v) is 13.8. The van der Waals surface area contributed by atoms with Crippen molar-refractivity contribution in [3.8, 4) is 0 Å². The van der Waals surface area contributed by atoms with Crippen molar-refractivity contribution in [3.63, 3.8) is 0 Å². The molecule has 8 nitrogen and oxygen atoms in total. The van der Waals surface area contributed by atoms with E-state index in [-0.39, 0.29) is 11.9 Å². The quantitative estimate of drug-likeness (QED) is 0.270. The molecule has 3 aromatic rings. The van der Waals surface area contributed by atoms with E-state index in [1.807, 2.05) is 42.5 Å². The summed E-state index contributed by atoms with van der Waals surface area (Å²) in [5.74, 6) is 0.240. The number of benzene rings is 1. The molecular formula is C32H32N6O2. The van der Waals surface area contributed by atoms with Crippen molar-refractivity contribution in [3.05, 3.63) is 94.6 Å². The Labute approximate surface area is 233 Å². The molecule has 2 heterocycles. The highest BCUT2D eigenvalue weighted by atomic mass is 16.4. The molecule has 0 amide bonds. The van der Waals surface area contributed by atoms with Crippen LogP contribution in [0.15, 0.2) is 82.9 Å². The van der Waals surface area contributed by atoms with E-state index in [0.717, 1.165) is 42.6 Å². The fraction of sp³-hybridized carbons (Fsp3) is 0.312. The van der Waals surface area contributed by atoms with Gasteiger partial charge >= 0.3 is 5.97 Å². The first-order valence-electron chi connectivity index (χ1n) is 13.8.